The molecule has 1 aliphatic heterocycles. The van der Waals surface area contributed by atoms with Crippen molar-refractivity contribution in [1.82, 2.24) is 0 Å². The maximum atomic E-state index is 13.6. The molecule has 1 amide bonds. The summed E-state index contributed by atoms with van der Waals surface area (Å²) in [6.07, 6.45) is 0.194. The average Bonchev–Trinajstić information content (AvgIpc) is 3.05. The highest BCUT2D eigenvalue weighted by molar-refractivity contribution is 7.90. The first-order valence-corrected chi connectivity index (χ1v) is 11.1. The van der Waals surface area contributed by atoms with Crippen molar-refractivity contribution in [3.63, 3.8) is 0 Å². The van der Waals surface area contributed by atoms with Crippen molar-refractivity contribution in [3.05, 3.63) is 53.1 Å². The average molecular weight is 423 g/mol. The van der Waals surface area contributed by atoms with Crippen molar-refractivity contribution in [2.24, 2.45) is 0 Å². The van der Waals surface area contributed by atoms with Crippen LogP contribution in [-0.2, 0) is 16.3 Å². The molecule has 0 aliphatic carbocycles. The van der Waals surface area contributed by atoms with Crippen molar-refractivity contribution < 1.29 is 26.7 Å². The van der Waals surface area contributed by atoms with Gasteiger partial charge < -0.3 is 9.64 Å². The number of sulfone groups is 1. The fourth-order valence-electron chi connectivity index (χ4n) is 3.27. The summed E-state index contributed by atoms with van der Waals surface area (Å²) in [5, 5.41) is 0. The van der Waals surface area contributed by atoms with E-state index < -0.39 is 27.8 Å². The third-order valence-electron chi connectivity index (χ3n) is 5.13. The summed E-state index contributed by atoms with van der Waals surface area (Å²) < 4.78 is 56.6. The SMILES string of the molecule is Cc1cccc2c1CCN2C(=O)c1cc(S(C)(=O)=O)ccc1O[C@@H](C)C(C)(F)F. The smallest absolute Gasteiger partial charge is 0.281 e. The zero-order valence-corrected chi connectivity index (χ0v) is 17.5. The van der Waals surface area contributed by atoms with Gasteiger partial charge in [-0.25, -0.2) is 17.2 Å². The zero-order valence-electron chi connectivity index (χ0n) is 16.7. The molecule has 0 unspecified atom stereocenters. The lowest BCUT2D eigenvalue weighted by molar-refractivity contribution is -0.0719. The fraction of sp³-hybridized carbons (Fsp3) is 0.381. The van der Waals surface area contributed by atoms with E-state index in [-0.39, 0.29) is 16.2 Å². The number of hydrogen-bond acceptors (Lipinski definition) is 4. The molecule has 0 saturated carbocycles. The van der Waals surface area contributed by atoms with Gasteiger partial charge in [-0.15, -0.1) is 0 Å². The number of ether oxygens (including phenoxy) is 1. The van der Waals surface area contributed by atoms with Gasteiger partial charge in [-0.3, -0.25) is 4.79 Å². The number of rotatable bonds is 5. The normalized spacial score (nSPS) is 15.2. The van der Waals surface area contributed by atoms with Crippen LogP contribution in [0.1, 0.15) is 35.3 Å². The highest BCUT2D eigenvalue weighted by Crippen LogP contribution is 2.34. The van der Waals surface area contributed by atoms with E-state index in [4.69, 9.17) is 4.74 Å². The summed E-state index contributed by atoms with van der Waals surface area (Å²) in [7, 11) is -3.60. The number of benzene rings is 2. The standard InChI is InChI=1S/C21H23F2NO4S/c1-13-6-5-7-18-16(13)10-11-24(18)20(25)17-12-15(29(4,26)27)8-9-19(17)28-14(2)21(3,22)23/h5-9,12,14H,10-11H2,1-4H3/t14-/m0/s1. The number of halogens is 2. The molecule has 8 heteroatoms. The van der Waals surface area contributed by atoms with Gasteiger partial charge in [0.1, 0.15) is 5.75 Å². The number of anilines is 1. The molecule has 0 fully saturated rings. The molecule has 0 saturated heterocycles. The molecule has 0 bridgehead atoms. The first kappa shape index (κ1) is 21.2. The predicted octanol–water partition coefficient (Wildman–Crippen LogP) is 4.02. The minimum Gasteiger partial charge on any atom is -0.484 e. The molecule has 0 aromatic heterocycles. The van der Waals surface area contributed by atoms with Gasteiger partial charge in [-0.05, 0) is 55.7 Å². The van der Waals surface area contributed by atoms with E-state index in [0.717, 1.165) is 30.0 Å². The second kappa shape index (κ2) is 7.40. The maximum absolute atomic E-state index is 13.6. The Balaban J connectivity index is 2.07. The minimum atomic E-state index is -3.60. The number of nitrogens with zero attached hydrogens (tertiary/aromatic N) is 1. The third-order valence-corrected chi connectivity index (χ3v) is 6.24. The zero-order chi connectivity index (χ0) is 21.6. The number of hydrogen-bond donors (Lipinski definition) is 0. The lowest BCUT2D eigenvalue weighted by atomic mass is 10.1. The van der Waals surface area contributed by atoms with Gasteiger partial charge in [0.25, 0.3) is 11.8 Å². The lowest BCUT2D eigenvalue weighted by Gasteiger charge is -2.24. The summed E-state index contributed by atoms with van der Waals surface area (Å²) in [6, 6.07) is 9.32. The number of aryl methyl sites for hydroxylation is 1. The van der Waals surface area contributed by atoms with E-state index in [0.29, 0.717) is 13.0 Å². The van der Waals surface area contributed by atoms with Crippen molar-refractivity contribution in [2.45, 2.75) is 44.1 Å². The van der Waals surface area contributed by atoms with E-state index >= 15 is 0 Å². The molecule has 0 N–H and O–H groups in total. The van der Waals surface area contributed by atoms with E-state index in [1.54, 1.807) is 0 Å². The summed E-state index contributed by atoms with van der Waals surface area (Å²) in [5.74, 6) is -3.69. The molecule has 1 atom stereocenters. The van der Waals surface area contributed by atoms with Gasteiger partial charge in [0, 0.05) is 25.4 Å². The largest absolute Gasteiger partial charge is 0.484 e. The molecule has 3 rings (SSSR count). The van der Waals surface area contributed by atoms with Gasteiger partial charge in [0.15, 0.2) is 15.9 Å². The van der Waals surface area contributed by atoms with Crippen molar-refractivity contribution >= 4 is 21.4 Å². The van der Waals surface area contributed by atoms with Crippen molar-refractivity contribution in [3.8, 4) is 5.75 Å². The molecular formula is C21H23F2NO4S. The van der Waals surface area contributed by atoms with Gasteiger partial charge >= 0.3 is 0 Å². The van der Waals surface area contributed by atoms with Crippen LogP contribution in [0.4, 0.5) is 14.5 Å². The van der Waals surface area contributed by atoms with Crippen LogP contribution in [-0.4, -0.2) is 39.2 Å². The van der Waals surface area contributed by atoms with Crippen LogP contribution in [0.3, 0.4) is 0 Å². The topological polar surface area (TPSA) is 63.7 Å². The number of carbonyl (C=O) groups is 1. The Hall–Kier alpha value is -2.48. The third kappa shape index (κ3) is 4.27. The Morgan fingerprint density at radius 2 is 1.93 bits per heavy atom. The highest BCUT2D eigenvalue weighted by Gasteiger charge is 2.34. The lowest BCUT2D eigenvalue weighted by Crippen LogP contribution is -2.34. The molecular weight excluding hydrogens is 400 g/mol. The van der Waals surface area contributed by atoms with Gasteiger partial charge in [0.2, 0.25) is 0 Å². The first-order valence-electron chi connectivity index (χ1n) is 9.18. The number of carbonyl (C=O) groups excluding carboxylic acids is 1. The molecule has 1 heterocycles. The molecule has 0 radical (unpaired) electrons. The fourth-order valence-corrected chi connectivity index (χ4v) is 3.92. The Morgan fingerprint density at radius 3 is 2.55 bits per heavy atom. The van der Waals surface area contributed by atoms with Crippen molar-refractivity contribution in [2.75, 3.05) is 17.7 Å². The van der Waals surface area contributed by atoms with Gasteiger partial charge in [0.05, 0.1) is 10.5 Å². The quantitative estimate of drug-likeness (QED) is 0.729. The number of fused-ring (bicyclic) bond motifs is 1. The van der Waals surface area contributed by atoms with Crippen LogP contribution in [0.15, 0.2) is 41.3 Å². The van der Waals surface area contributed by atoms with Gasteiger partial charge in [-0.1, -0.05) is 12.1 Å². The van der Waals surface area contributed by atoms with Crippen LogP contribution in [0.2, 0.25) is 0 Å². The predicted molar refractivity (Wildman–Crippen MR) is 107 cm³/mol. The Bertz CT molecular complexity index is 1060. The highest BCUT2D eigenvalue weighted by atomic mass is 32.2. The molecule has 1 aliphatic rings. The molecule has 29 heavy (non-hydrogen) atoms. The summed E-state index contributed by atoms with van der Waals surface area (Å²) in [4.78, 5) is 14.8. The second-order valence-corrected chi connectivity index (χ2v) is 9.44. The second-order valence-electron chi connectivity index (χ2n) is 7.43. The number of amides is 1. The van der Waals surface area contributed by atoms with Crippen LogP contribution in [0, 0.1) is 6.92 Å². The van der Waals surface area contributed by atoms with E-state index in [2.05, 4.69) is 0 Å². The van der Waals surface area contributed by atoms with Crippen LogP contribution in [0.5, 0.6) is 5.75 Å². The monoisotopic (exact) mass is 423 g/mol. The Morgan fingerprint density at radius 1 is 1.24 bits per heavy atom. The van der Waals surface area contributed by atoms with Crippen LogP contribution in [0.25, 0.3) is 0 Å². The van der Waals surface area contributed by atoms with E-state index in [1.807, 2.05) is 25.1 Å². The van der Waals surface area contributed by atoms with Crippen LogP contribution < -0.4 is 9.64 Å². The van der Waals surface area contributed by atoms with E-state index in [1.165, 1.54) is 30.0 Å². The minimum absolute atomic E-state index is 0.0571. The Labute approximate surface area is 169 Å². The summed E-state index contributed by atoms with van der Waals surface area (Å²) in [5.41, 5.74) is 2.77. The van der Waals surface area contributed by atoms with Crippen molar-refractivity contribution in [1.29, 1.82) is 0 Å². The number of alkyl halides is 2. The summed E-state index contributed by atoms with van der Waals surface area (Å²) >= 11 is 0. The molecule has 0 spiro atoms. The molecule has 156 valence electrons. The molecule has 5 nitrogen and oxygen atoms in total. The van der Waals surface area contributed by atoms with Crippen LogP contribution >= 0.6 is 0 Å². The first-order chi connectivity index (χ1) is 13.4. The molecule has 2 aromatic carbocycles. The van der Waals surface area contributed by atoms with Gasteiger partial charge in [-0.2, -0.15) is 0 Å². The Kier molecular flexibility index (Phi) is 5.42. The summed E-state index contributed by atoms with van der Waals surface area (Å²) in [6.45, 7) is 4.30. The maximum Gasteiger partial charge on any atom is 0.281 e. The molecule has 2 aromatic rings. The van der Waals surface area contributed by atoms with E-state index in [9.17, 15) is 22.0 Å².